The van der Waals surface area contributed by atoms with E-state index < -0.39 is 12.0 Å². The zero-order valence-electron chi connectivity index (χ0n) is 14.5. The van der Waals surface area contributed by atoms with Crippen LogP contribution >= 0.6 is 15.9 Å². The molecule has 0 radical (unpaired) electrons. The van der Waals surface area contributed by atoms with Crippen molar-refractivity contribution < 1.29 is 14.3 Å². The fourth-order valence-corrected chi connectivity index (χ4v) is 4.08. The van der Waals surface area contributed by atoms with Gasteiger partial charge in [0.1, 0.15) is 11.9 Å². The minimum absolute atomic E-state index is 0.255. The molecule has 1 aromatic heterocycles. The molecule has 1 saturated heterocycles. The first kappa shape index (κ1) is 18.0. The van der Waals surface area contributed by atoms with Crippen LogP contribution in [0.25, 0.3) is 10.9 Å². The first-order chi connectivity index (χ1) is 13.0. The van der Waals surface area contributed by atoms with Crippen molar-refractivity contribution in [1.82, 2.24) is 9.88 Å². The van der Waals surface area contributed by atoms with Crippen LogP contribution in [0, 0.1) is 5.82 Å². The molecule has 5 nitrogen and oxygen atoms in total. The zero-order valence-corrected chi connectivity index (χ0v) is 16.1. The van der Waals surface area contributed by atoms with Crippen molar-refractivity contribution in [2.24, 2.45) is 0 Å². The first-order valence-corrected chi connectivity index (χ1v) is 9.56. The van der Waals surface area contributed by atoms with E-state index in [9.17, 15) is 14.3 Å². The number of carboxylic acids is 1. The topological polar surface area (TPSA) is 59.6 Å². The monoisotopic (exact) mass is 431 g/mol. The van der Waals surface area contributed by atoms with Crippen LogP contribution in [-0.2, 0) is 4.79 Å². The predicted octanol–water partition coefficient (Wildman–Crippen LogP) is 4.02. The fourth-order valence-electron chi connectivity index (χ4n) is 3.72. The molecule has 0 bridgehead atoms. The number of fused-ring (bicyclic) bond motifs is 1. The Bertz CT molecular complexity index is 965. The normalized spacial score (nSPS) is 16.6. The van der Waals surface area contributed by atoms with Gasteiger partial charge in [-0.05, 0) is 36.4 Å². The Labute approximate surface area is 164 Å². The third-order valence-corrected chi connectivity index (χ3v) is 5.57. The van der Waals surface area contributed by atoms with E-state index in [-0.39, 0.29) is 5.82 Å². The minimum Gasteiger partial charge on any atom is -0.480 e. The van der Waals surface area contributed by atoms with Crippen LogP contribution < -0.4 is 4.90 Å². The van der Waals surface area contributed by atoms with Gasteiger partial charge in [0, 0.05) is 59.0 Å². The molecule has 4 rings (SSSR count). The summed E-state index contributed by atoms with van der Waals surface area (Å²) in [5, 5.41) is 10.8. The van der Waals surface area contributed by atoms with Crippen molar-refractivity contribution >= 4 is 38.5 Å². The number of H-pyrrole nitrogens is 1. The average Bonchev–Trinajstić information content (AvgIpc) is 3.05. The molecular weight excluding hydrogens is 413 g/mol. The van der Waals surface area contributed by atoms with E-state index >= 15 is 0 Å². The quantitative estimate of drug-likeness (QED) is 0.654. The summed E-state index contributed by atoms with van der Waals surface area (Å²) in [6.45, 7) is 2.64. The Morgan fingerprint density at radius 1 is 1.11 bits per heavy atom. The molecule has 7 heteroatoms. The molecule has 1 atom stereocenters. The molecule has 1 unspecified atom stereocenters. The molecule has 3 aromatic rings. The third kappa shape index (κ3) is 3.57. The number of nitrogens with zero attached hydrogens (tertiary/aromatic N) is 2. The van der Waals surface area contributed by atoms with E-state index in [1.54, 1.807) is 18.3 Å². The summed E-state index contributed by atoms with van der Waals surface area (Å²) in [5.41, 5.74) is 2.65. The van der Waals surface area contributed by atoms with Gasteiger partial charge in [-0.15, -0.1) is 0 Å². The third-order valence-electron chi connectivity index (χ3n) is 5.08. The van der Waals surface area contributed by atoms with Crippen LogP contribution in [-0.4, -0.2) is 47.1 Å². The van der Waals surface area contributed by atoms with Crippen LogP contribution in [0.5, 0.6) is 0 Å². The number of carboxylic acid groups (broad SMARTS) is 1. The highest BCUT2D eigenvalue weighted by molar-refractivity contribution is 9.10. The van der Waals surface area contributed by atoms with Crippen LogP contribution in [0.3, 0.4) is 0 Å². The Hall–Kier alpha value is -2.38. The van der Waals surface area contributed by atoms with E-state index in [2.05, 4.69) is 25.8 Å². The van der Waals surface area contributed by atoms with Crippen molar-refractivity contribution in [1.29, 1.82) is 0 Å². The molecule has 2 aromatic carbocycles. The minimum atomic E-state index is -0.853. The second kappa shape index (κ2) is 7.32. The summed E-state index contributed by atoms with van der Waals surface area (Å²) in [6.07, 6.45) is 1.79. The summed E-state index contributed by atoms with van der Waals surface area (Å²) in [5.74, 6) is -1.11. The largest absolute Gasteiger partial charge is 0.480 e. The molecule has 27 heavy (non-hydrogen) atoms. The van der Waals surface area contributed by atoms with Gasteiger partial charge < -0.3 is 15.0 Å². The summed E-state index contributed by atoms with van der Waals surface area (Å²) >= 11 is 3.44. The van der Waals surface area contributed by atoms with Gasteiger partial charge in [0.2, 0.25) is 0 Å². The Balaban J connectivity index is 1.55. The molecule has 1 aliphatic heterocycles. The van der Waals surface area contributed by atoms with Gasteiger partial charge in [0.15, 0.2) is 0 Å². The lowest BCUT2D eigenvalue weighted by Crippen LogP contribution is -2.49. The molecule has 0 spiro atoms. The number of nitrogens with one attached hydrogen (secondary N) is 1. The Kier molecular flexibility index (Phi) is 4.88. The average molecular weight is 432 g/mol. The molecule has 1 fully saturated rings. The van der Waals surface area contributed by atoms with E-state index in [1.807, 2.05) is 23.1 Å². The molecule has 140 valence electrons. The highest BCUT2D eigenvalue weighted by atomic mass is 79.9. The number of aromatic nitrogens is 1. The van der Waals surface area contributed by atoms with Gasteiger partial charge in [-0.3, -0.25) is 9.69 Å². The van der Waals surface area contributed by atoms with Crippen LogP contribution in [0.1, 0.15) is 11.6 Å². The van der Waals surface area contributed by atoms with E-state index in [0.717, 1.165) is 26.6 Å². The fraction of sp³-hybridized carbons (Fsp3) is 0.250. The summed E-state index contributed by atoms with van der Waals surface area (Å²) in [7, 11) is 0. The summed E-state index contributed by atoms with van der Waals surface area (Å²) in [4.78, 5) is 19.4. The van der Waals surface area contributed by atoms with Gasteiger partial charge in [0.25, 0.3) is 0 Å². The molecule has 0 amide bonds. The maximum atomic E-state index is 13.1. The number of carbonyl (C=O) groups is 1. The zero-order chi connectivity index (χ0) is 19.0. The molecular formula is C20H19BrFN3O2. The van der Waals surface area contributed by atoms with Crippen molar-refractivity contribution in [2.75, 3.05) is 31.1 Å². The lowest BCUT2D eigenvalue weighted by molar-refractivity contribution is -0.143. The van der Waals surface area contributed by atoms with Gasteiger partial charge in [-0.25, -0.2) is 4.39 Å². The second-order valence-electron chi connectivity index (χ2n) is 6.67. The van der Waals surface area contributed by atoms with Gasteiger partial charge in [-0.2, -0.15) is 0 Å². The molecule has 1 aliphatic rings. The molecule has 0 saturated carbocycles. The van der Waals surface area contributed by atoms with E-state index in [0.29, 0.717) is 26.2 Å². The summed E-state index contributed by atoms with van der Waals surface area (Å²) in [6, 6.07) is 11.5. The number of piperazine rings is 1. The second-order valence-corrected chi connectivity index (χ2v) is 7.59. The van der Waals surface area contributed by atoms with Crippen molar-refractivity contribution in [3.63, 3.8) is 0 Å². The lowest BCUT2D eigenvalue weighted by atomic mass is 10.0. The Morgan fingerprint density at radius 2 is 1.81 bits per heavy atom. The number of hydrogen-bond donors (Lipinski definition) is 2. The van der Waals surface area contributed by atoms with Crippen molar-refractivity contribution in [3.05, 3.63) is 64.5 Å². The number of rotatable bonds is 4. The van der Waals surface area contributed by atoms with Crippen LogP contribution in [0.15, 0.2) is 53.1 Å². The number of hydrogen-bond acceptors (Lipinski definition) is 3. The van der Waals surface area contributed by atoms with Gasteiger partial charge in [-0.1, -0.05) is 22.0 Å². The van der Waals surface area contributed by atoms with Gasteiger partial charge >= 0.3 is 5.97 Å². The summed E-state index contributed by atoms with van der Waals surface area (Å²) < 4.78 is 14.1. The molecule has 0 aliphatic carbocycles. The first-order valence-electron chi connectivity index (χ1n) is 8.77. The van der Waals surface area contributed by atoms with Crippen molar-refractivity contribution in [2.45, 2.75) is 6.04 Å². The number of benzene rings is 2. The number of halogens is 2. The SMILES string of the molecule is O=C(O)C(c1c[nH]c2cc(Br)ccc12)N1CCN(c2ccc(F)cc2)CC1. The smallest absolute Gasteiger partial charge is 0.325 e. The highest BCUT2D eigenvalue weighted by Gasteiger charge is 2.32. The standard InChI is InChI=1S/C20H19BrFN3O2/c21-13-1-6-16-17(12-23-18(16)11-13)19(20(26)27)25-9-7-24(8-10-25)15-4-2-14(22)3-5-15/h1-6,11-12,19,23H,7-10H2,(H,26,27). The van der Waals surface area contributed by atoms with Crippen LogP contribution in [0.2, 0.25) is 0 Å². The predicted molar refractivity (Wildman–Crippen MR) is 107 cm³/mol. The maximum absolute atomic E-state index is 13.1. The molecule has 2 N–H and O–H groups in total. The highest BCUT2D eigenvalue weighted by Crippen LogP contribution is 2.31. The van der Waals surface area contributed by atoms with E-state index in [4.69, 9.17) is 0 Å². The maximum Gasteiger partial charge on any atom is 0.325 e. The van der Waals surface area contributed by atoms with Crippen molar-refractivity contribution in [3.8, 4) is 0 Å². The molecule has 2 heterocycles. The van der Waals surface area contributed by atoms with Gasteiger partial charge in [0.05, 0.1) is 0 Å². The van der Waals surface area contributed by atoms with E-state index in [1.165, 1.54) is 12.1 Å². The number of aliphatic carboxylic acids is 1. The lowest BCUT2D eigenvalue weighted by Gasteiger charge is -2.38. The Morgan fingerprint density at radius 3 is 2.48 bits per heavy atom. The number of anilines is 1. The number of aromatic amines is 1. The van der Waals surface area contributed by atoms with Crippen LogP contribution in [0.4, 0.5) is 10.1 Å².